The van der Waals surface area contributed by atoms with Gasteiger partial charge in [0.2, 0.25) is 11.5 Å². The van der Waals surface area contributed by atoms with Gasteiger partial charge < -0.3 is 20.6 Å². The first-order valence-electron chi connectivity index (χ1n) is 13.2. The minimum Gasteiger partial charge on any atom is -0.448 e. The van der Waals surface area contributed by atoms with E-state index >= 15 is 0 Å². The van der Waals surface area contributed by atoms with Gasteiger partial charge in [0.25, 0.3) is 11.8 Å². The van der Waals surface area contributed by atoms with E-state index in [0.29, 0.717) is 11.3 Å². The van der Waals surface area contributed by atoms with Crippen molar-refractivity contribution in [2.24, 2.45) is 5.16 Å². The summed E-state index contributed by atoms with van der Waals surface area (Å²) in [5.74, 6) is 0.768. The molecule has 2 amide bonds. The second-order valence-corrected chi connectivity index (χ2v) is 11.5. The number of halogens is 1. The molecule has 11 nitrogen and oxygen atoms in total. The number of carbonyl (C=O) groups excluding carboxylic acids is 3. The monoisotopic (exact) mass is 648 g/mol. The summed E-state index contributed by atoms with van der Waals surface area (Å²) < 4.78 is 10.1. The Morgan fingerprint density at radius 3 is 2.48 bits per heavy atom. The fourth-order valence-electron chi connectivity index (χ4n) is 4.55. The minimum atomic E-state index is -0.985. The molecule has 3 heterocycles. The van der Waals surface area contributed by atoms with Gasteiger partial charge in [-0.3, -0.25) is 14.5 Å². The van der Waals surface area contributed by atoms with Crippen LogP contribution in [0.3, 0.4) is 0 Å². The number of nitrogens with two attached hydrogens (primary N) is 1. The molecule has 1 unspecified atom stereocenters. The molecule has 1 fully saturated rings. The van der Waals surface area contributed by atoms with Gasteiger partial charge >= 0.3 is 5.97 Å². The number of benzene rings is 2. The van der Waals surface area contributed by atoms with Crippen LogP contribution in [0.5, 0.6) is 0 Å². The lowest BCUT2D eigenvalue weighted by Gasteiger charge is -2.49. The number of terminal acetylenes is 1. The van der Waals surface area contributed by atoms with Crippen LogP contribution in [0.15, 0.2) is 89.2 Å². The topological polar surface area (TPSA) is 149 Å². The van der Waals surface area contributed by atoms with Crippen LogP contribution in [0.1, 0.15) is 23.1 Å². The Labute approximate surface area is 266 Å². The Hall–Kier alpha value is -4.64. The fourth-order valence-corrected chi connectivity index (χ4v) is 6.40. The number of nitrogens with zero attached hydrogens (tertiary/aromatic N) is 4. The normalized spacial score (nSPS) is 18.1. The van der Waals surface area contributed by atoms with Gasteiger partial charge in [0.05, 0.1) is 0 Å². The van der Waals surface area contributed by atoms with Crippen molar-refractivity contribution in [1.29, 1.82) is 0 Å². The fraction of sp³-hybridized carbons (Fsp3) is 0.200. The van der Waals surface area contributed by atoms with E-state index in [1.165, 1.54) is 16.7 Å². The SMILES string of the molecule is C#CCON=C(C(=O)NC1C(=O)N2C(C(=O)OC(c3ccccc3)c3ccccc3)=C(C=CCCl)CS[C@H]12)c1nsc(N)n1. The largest absolute Gasteiger partial charge is 0.448 e. The van der Waals surface area contributed by atoms with Gasteiger partial charge in [-0.25, -0.2) is 4.79 Å². The summed E-state index contributed by atoms with van der Waals surface area (Å²) >= 11 is 8.14. The zero-order chi connectivity index (χ0) is 31.1. The first-order valence-corrected chi connectivity index (χ1v) is 15.5. The number of nitrogen functional groups attached to an aromatic ring is 1. The number of β-lactam (4-membered cyclic amide) rings is 1. The van der Waals surface area contributed by atoms with Crippen molar-refractivity contribution in [1.82, 2.24) is 19.6 Å². The number of hydrogen-bond acceptors (Lipinski definition) is 11. The molecular weight excluding hydrogens is 624 g/mol. The van der Waals surface area contributed by atoms with Crippen molar-refractivity contribution in [3.63, 3.8) is 0 Å². The molecule has 0 bridgehead atoms. The number of amides is 2. The summed E-state index contributed by atoms with van der Waals surface area (Å²) in [7, 11) is 0. The number of nitrogens with one attached hydrogen (secondary N) is 1. The molecule has 1 saturated heterocycles. The summed E-state index contributed by atoms with van der Waals surface area (Å²) in [6, 6.07) is 17.7. The maximum Gasteiger partial charge on any atom is 0.356 e. The van der Waals surface area contributed by atoms with E-state index in [1.54, 1.807) is 12.2 Å². The number of alkyl halides is 1. The highest BCUT2D eigenvalue weighted by molar-refractivity contribution is 8.00. The van der Waals surface area contributed by atoms with Crippen LogP contribution in [0.2, 0.25) is 0 Å². The average molecular weight is 649 g/mol. The number of thioether (sulfide) groups is 1. The number of allylic oxidation sites excluding steroid dienone is 2. The Kier molecular flexibility index (Phi) is 9.96. The summed E-state index contributed by atoms with van der Waals surface area (Å²) in [5.41, 5.74) is 7.57. The molecule has 44 heavy (non-hydrogen) atoms. The number of anilines is 1. The van der Waals surface area contributed by atoms with Crippen molar-refractivity contribution in [3.8, 4) is 12.3 Å². The van der Waals surface area contributed by atoms with Crippen molar-refractivity contribution in [2.75, 3.05) is 24.0 Å². The highest BCUT2D eigenvalue weighted by Gasteiger charge is 2.54. The van der Waals surface area contributed by atoms with E-state index in [9.17, 15) is 14.4 Å². The van der Waals surface area contributed by atoms with Crippen LogP contribution < -0.4 is 11.1 Å². The second kappa shape index (κ2) is 14.2. The molecule has 0 aliphatic carbocycles. The molecule has 0 radical (unpaired) electrons. The molecule has 14 heteroatoms. The Morgan fingerprint density at radius 2 is 1.89 bits per heavy atom. The second-order valence-electron chi connectivity index (χ2n) is 9.27. The van der Waals surface area contributed by atoms with Gasteiger partial charge in [-0.05, 0) is 16.7 Å². The standard InChI is InChI=1S/C30H25ClN6O5S2/c1-2-16-41-35-21(25-34-30(32)44-36-25)26(38)33-22-27(39)37-23(20(14-9-15-31)17-43-28(22)37)29(40)42-24(18-10-5-3-6-11-18)19-12-7-4-8-13-19/h1,3-14,22,24,28H,15-17H2,(H,33,38)(H2,32,34,36)/t22?,28-/m1/s1. The third-order valence-electron chi connectivity index (χ3n) is 6.49. The van der Waals surface area contributed by atoms with Crippen molar-refractivity contribution >= 4 is 63.5 Å². The number of carbonyl (C=O) groups is 3. The van der Waals surface area contributed by atoms with E-state index in [2.05, 4.69) is 25.8 Å². The highest BCUT2D eigenvalue weighted by Crippen LogP contribution is 2.42. The lowest BCUT2D eigenvalue weighted by Crippen LogP contribution is -2.71. The molecule has 2 aromatic carbocycles. The first kappa shape index (κ1) is 30.8. The Balaban J connectivity index is 1.41. The van der Waals surface area contributed by atoms with Gasteiger partial charge in [0.1, 0.15) is 17.1 Å². The Bertz CT molecular complexity index is 1630. The average Bonchev–Trinajstić information content (AvgIpc) is 3.49. The maximum atomic E-state index is 13.9. The van der Waals surface area contributed by atoms with Gasteiger partial charge in [-0.1, -0.05) is 83.9 Å². The molecule has 3 aromatic rings. The molecule has 5 rings (SSSR count). The lowest BCUT2D eigenvalue weighted by atomic mass is 10.0. The summed E-state index contributed by atoms with van der Waals surface area (Å²) in [4.78, 5) is 51.1. The number of rotatable bonds is 11. The van der Waals surface area contributed by atoms with Gasteiger partial charge in [0, 0.05) is 23.2 Å². The highest BCUT2D eigenvalue weighted by atomic mass is 35.5. The van der Waals surface area contributed by atoms with Crippen molar-refractivity contribution in [2.45, 2.75) is 17.5 Å². The smallest absolute Gasteiger partial charge is 0.356 e. The Morgan fingerprint density at radius 1 is 1.20 bits per heavy atom. The van der Waals surface area contributed by atoms with Crippen LogP contribution >= 0.6 is 34.9 Å². The molecule has 2 aliphatic rings. The molecule has 224 valence electrons. The van der Waals surface area contributed by atoms with Crippen LogP contribution in [0.4, 0.5) is 5.13 Å². The maximum absolute atomic E-state index is 13.9. The van der Waals surface area contributed by atoms with E-state index in [1.807, 2.05) is 60.7 Å². The number of ether oxygens (including phenoxy) is 1. The van der Waals surface area contributed by atoms with Gasteiger partial charge in [0.15, 0.2) is 17.8 Å². The van der Waals surface area contributed by atoms with E-state index in [4.69, 9.17) is 33.3 Å². The number of aromatic nitrogens is 2. The number of esters is 1. The molecule has 2 atom stereocenters. The van der Waals surface area contributed by atoms with E-state index < -0.39 is 35.3 Å². The first-order chi connectivity index (χ1) is 21.4. The van der Waals surface area contributed by atoms with Crippen LogP contribution in [0.25, 0.3) is 0 Å². The summed E-state index contributed by atoms with van der Waals surface area (Å²) in [6.45, 7) is -0.202. The molecule has 3 N–H and O–H groups in total. The van der Waals surface area contributed by atoms with Crippen LogP contribution in [0, 0.1) is 12.3 Å². The summed E-state index contributed by atoms with van der Waals surface area (Å²) in [5, 5.41) is 5.95. The lowest BCUT2D eigenvalue weighted by molar-refractivity contribution is -0.154. The third-order valence-corrected chi connectivity index (χ3v) is 8.51. The van der Waals surface area contributed by atoms with E-state index in [0.717, 1.165) is 22.7 Å². The number of oxime groups is 1. The molecule has 0 saturated carbocycles. The van der Waals surface area contributed by atoms with Crippen LogP contribution in [-0.2, 0) is 24.0 Å². The number of fused-ring (bicyclic) bond motifs is 1. The predicted molar refractivity (Wildman–Crippen MR) is 168 cm³/mol. The molecular formula is C30H25ClN6O5S2. The summed E-state index contributed by atoms with van der Waals surface area (Å²) in [6.07, 6.45) is 7.88. The van der Waals surface area contributed by atoms with E-state index in [-0.39, 0.29) is 34.9 Å². The zero-order valence-corrected chi connectivity index (χ0v) is 25.3. The minimum absolute atomic E-state index is 0.0764. The third kappa shape index (κ3) is 6.62. The zero-order valence-electron chi connectivity index (χ0n) is 23.0. The molecule has 2 aliphatic heterocycles. The molecule has 1 aromatic heterocycles. The number of hydrogen-bond donors (Lipinski definition) is 2. The van der Waals surface area contributed by atoms with Gasteiger partial charge in [-0.15, -0.1) is 29.8 Å². The molecule has 0 spiro atoms. The predicted octanol–water partition coefficient (Wildman–Crippen LogP) is 3.26. The van der Waals surface area contributed by atoms with Crippen molar-refractivity contribution < 1.29 is 24.0 Å². The van der Waals surface area contributed by atoms with Crippen LogP contribution in [-0.4, -0.2) is 67.4 Å². The van der Waals surface area contributed by atoms with Crippen molar-refractivity contribution in [3.05, 3.63) is 101 Å². The van der Waals surface area contributed by atoms with Gasteiger partial charge in [-0.2, -0.15) is 9.36 Å². The quantitative estimate of drug-likeness (QED) is 0.0608.